The summed E-state index contributed by atoms with van der Waals surface area (Å²) < 4.78 is 12.5. The normalized spacial score (nSPS) is 33.3. The Hall–Kier alpha value is -3.16. The van der Waals surface area contributed by atoms with Gasteiger partial charge in [0, 0.05) is 49.5 Å². The third-order valence-electron chi connectivity index (χ3n) is 10.3. The maximum absolute atomic E-state index is 13.5. The predicted molar refractivity (Wildman–Crippen MR) is 151 cm³/mol. The molecule has 2 aliphatic heterocycles. The highest BCUT2D eigenvalue weighted by Crippen LogP contribution is 2.64. The fourth-order valence-corrected chi connectivity index (χ4v) is 8.40. The first-order chi connectivity index (χ1) is 19.3. The van der Waals surface area contributed by atoms with Crippen molar-refractivity contribution in [3.05, 3.63) is 64.7 Å². The molecule has 2 unspecified atom stereocenters. The van der Waals surface area contributed by atoms with Gasteiger partial charge in [0.1, 0.15) is 6.10 Å². The zero-order valence-electron chi connectivity index (χ0n) is 23.5. The van der Waals surface area contributed by atoms with Crippen molar-refractivity contribution in [2.75, 3.05) is 20.1 Å². The summed E-state index contributed by atoms with van der Waals surface area (Å²) in [5.41, 5.74) is 4.42. The smallest absolute Gasteiger partial charge is 0.308 e. The molecule has 3 fully saturated rings. The first kappa shape index (κ1) is 25.8. The maximum atomic E-state index is 13.5. The molecule has 7 heteroatoms. The molecule has 1 spiro atoms. The molecule has 2 heterocycles. The van der Waals surface area contributed by atoms with Crippen LogP contribution in [0.25, 0.3) is 6.08 Å². The summed E-state index contributed by atoms with van der Waals surface area (Å²) in [5, 5.41) is 10.1. The average Bonchev–Trinajstić information content (AvgIpc) is 3.51. The number of hydrogen-bond acceptors (Lipinski definition) is 6. The summed E-state index contributed by atoms with van der Waals surface area (Å²) in [6.45, 7) is 5.36. The SMILES string of the molecule is CC(=O)Oc1ccc2c3c1O[C@H]1[C@H](N(C)C(=O)C=Cc4cccc(C)c4)CC[C@H]4[C@@H](C2)N(CC2CC2O)CC[C@@]341. The van der Waals surface area contributed by atoms with Crippen LogP contribution in [0.15, 0.2) is 42.5 Å². The Morgan fingerprint density at radius 1 is 1.25 bits per heavy atom. The van der Waals surface area contributed by atoms with Gasteiger partial charge in [-0.15, -0.1) is 0 Å². The summed E-state index contributed by atoms with van der Waals surface area (Å²) in [7, 11) is 1.90. The molecule has 1 amide bonds. The van der Waals surface area contributed by atoms with E-state index in [0.717, 1.165) is 56.3 Å². The van der Waals surface area contributed by atoms with E-state index < -0.39 is 0 Å². The van der Waals surface area contributed by atoms with Crippen LogP contribution < -0.4 is 9.47 Å². The minimum atomic E-state index is -0.361. The molecule has 0 aromatic heterocycles. The number of carbonyl (C=O) groups excluding carboxylic acids is 2. The second kappa shape index (κ2) is 9.45. The molecule has 3 aliphatic carbocycles. The molecule has 2 saturated carbocycles. The highest BCUT2D eigenvalue weighted by molar-refractivity contribution is 5.92. The van der Waals surface area contributed by atoms with E-state index in [2.05, 4.69) is 17.0 Å². The van der Waals surface area contributed by atoms with E-state index in [1.165, 1.54) is 18.1 Å². The molecule has 1 N–H and O–H groups in total. The molecule has 7 atom stereocenters. The molecular weight excluding hydrogens is 504 g/mol. The van der Waals surface area contributed by atoms with Gasteiger partial charge >= 0.3 is 5.97 Å². The summed E-state index contributed by atoms with van der Waals surface area (Å²) >= 11 is 0. The fourth-order valence-electron chi connectivity index (χ4n) is 8.40. The lowest BCUT2D eigenvalue weighted by molar-refractivity contribution is -0.135. The number of benzene rings is 2. The largest absolute Gasteiger partial charge is 0.483 e. The fraction of sp³-hybridized carbons (Fsp3) is 0.515. The number of nitrogens with zero attached hydrogens (tertiary/aromatic N) is 2. The summed E-state index contributed by atoms with van der Waals surface area (Å²) in [5.74, 6) is 1.58. The number of likely N-dealkylation sites (tertiary alicyclic amines) is 1. The number of amides is 1. The highest BCUT2D eigenvalue weighted by atomic mass is 16.6. The first-order valence-electron chi connectivity index (χ1n) is 14.7. The number of esters is 1. The number of piperidine rings is 1. The number of ether oxygens (including phenoxy) is 2. The van der Waals surface area contributed by atoms with Crippen molar-refractivity contribution in [3.8, 4) is 11.5 Å². The lowest BCUT2D eigenvalue weighted by atomic mass is 9.51. The van der Waals surface area contributed by atoms with Gasteiger partial charge in [-0.1, -0.05) is 35.9 Å². The second-order valence-electron chi connectivity index (χ2n) is 12.6. The summed E-state index contributed by atoms with van der Waals surface area (Å²) in [6, 6.07) is 12.4. The van der Waals surface area contributed by atoms with Crippen molar-refractivity contribution >= 4 is 18.0 Å². The number of hydrogen-bond donors (Lipinski definition) is 1. The molecule has 7 rings (SSSR count). The van der Waals surface area contributed by atoms with E-state index in [0.29, 0.717) is 29.4 Å². The van der Waals surface area contributed by atoms with E-state index in [1.54, 1.807) is 6.08 Å². The Bertz CT molecular complexity index is 1400. The monoisotopic (exact) mass is 542 g/mol. The molecule has 2 aromatic rings. The minimum Gasteiger partial charge on any atom is -0.483 e. The van der Waals surface area contributed by atoms with Crippen LogP contribution in [-0.2, 0) is 21.4 Å². The maximum Gasteiger partial charge on any atom is 0.308 e. The Morgan fingerprint density at radius 2 is 2.08 bits per heavy atom. The Balaban J connectivity index is 1.23. The van der Waals surface area contributed by atoms with Crippen LogP contribution >= 0.6 is 0 Å². The van der Waals surface area contributed by atoms with Gasteiger partial charge in [-0.25, -0.2) is 0 Å². The van der Waals surface area contributed by atoms with Crippen molar-refractivity contribution in [1.29, 1.82) is 0 Å². The van der Waals surface area contributed by atoms with E-state index in [9.17, 15) is 14.7 Å². The molecule has 2 bridgehead atoms. The molecule has 5 aliphatic rings. The van der Waals surface area contributed by atoms with Crippen molar-refractivity contribution in [2.24, 2.45) is 11.8 Å². The van der Waals surface area contributed by atoms with Gasteiger partial charge in [-0.05, 0) is 74.8 Å². The number of carbonyl (C=O) groups is 2. The van der Waals surface area contributed by atoms with E-state index in [1.807, 2.05) is 49.2 Å². The van der Waals surface area contributed by atoms with Crippen molar-refractivity contribution in [3.63, 3.8) is 0 Å². The van der Waals surface area contributed by atoms with Gasteiger partial charge in [-0.3, -0.25) is 14.5 Å². The van der Waals surface area contributed by atoms with E-state index in [-0.39, 0.29) is 35.5 Å². The zero-order chi connectivity index (χ0) is 27.8. The number of aliphatic hydroxyl groups excluding tert-OH is 1. The second-order valence-corrected chi connectivity index (χ2v) is 12.6. The Kier molecular flexibility index (Phi) is 6.09. The van der Waals surface area contributed by atoms with Crippen molar-refractivity contribution < 1.29 is 24.2 Å². The van der Waals surface area contributed by atoms with Crippen molar-refractivity contribution in [2.45, 2.75) is 75.7 Å². The lowest BCUT2D eigenvalue weighted by Crippen LogP contribution is -2.69. The van der Waals surface area contributed by atoms with Crippen LogP contribution in [0.1, 0.15) is 54.9 Å². The van der Waals surface area contributed by atoms with E-state index in [4.69, 9.17) is 9.47 Å². The molecular formula is C33H38N2O5. The van der Waals surface area contributed by atoms with Crippen LogP contribution in [0.4, 0.5) is 0 Å². The van der Waals surface area contributed by atoms with E-state index >= 15 is 0 Å². The van der Waals surface area contributed by atoms with Crippen LogP contribution in [0, 0.1) is 18.8 Å². The molecule has 2 aromatic carbocycles. The number of aliphatic hydroxyl groups is 1. The standard InChI is InChI=1S/C33H38N2O5/c1-19-5-4-6-21(15-19)7-12-29(38)34(3)25-10-9-24-26-16-22-8-11-28(39-20(2)36)31-30(22)33(24,32(25)40-31)13-14-35(26)18-23-17-27(23)37/h4-8,11-12,15,23-27,32,37H,9-10,13-14,16-18H2,1-3H3/t23?,24-,25+,26+,27?,32-,33-/m0/s1. The zero-order valence-corrected chi connectivity index (χ0v) is 23.5. The highest BCUT2D eigenvalue weighted by Gasteiger charge is 2.66. The van der Waals surface area contributed by atoms with Gasteiger partial charge < -0.3 is 19.5 Å². The van der Waals surface area contributed by atoms with Crippen LogP contribution in [0.2, 0.25) is 0 Å². The topological polar surface area (TPSA) is 79.3 Å². The van der Waals surface area contributed by atoms with Crippen LogP contribution in [0.5, 0.6) is 11.5 Å². The molecule has 0 radical (unpaired) electrons. The minimum absolute atomic E-state index is 0.0335. The van der Waals surface area contributed by atoms with Crippen LogP contribution in [0.3, 0.4) is 0 Å². The van der Waals surface area contributed by atoms with Gasteiger partial charge in [-0.2, -0.15) is 0 Å². The number of likely N-dealkylation sites (N-methyl/N-ethyl adjacent to an activating group) is 1. The first-order valence-corrected chi connectivity index (χ1v) is 14.7. The molecule has 7 nitrogen and oxygen atoms in total. The summed E-state index contributed by atoms with van der Waals surface area (Å²) in [6.07, 6.45) is 7.85. The average molecular weight is 543 g/mol. The quantitative estimate of drug-likeness (QED) is 0.339. The molecule has 40 heavy (non-hydrogen) atoms. The van der Waals surface area contributed by atoms with Gasteiger partial charge in [0.15, 0.2) is 11.5 Å². The Labute approximate surface area is 235 Å². The number of rotatable bonds is 6. The van der Waals surface area contributed by atoms with Gasteiger partial charge in [0.2, 0.25) is 5.91 Å². The van der Waals surface area contributed by atoms with Crippen LogP contribution in [-0.4, -0.2) is 71.2 Å². The van der Waals surface area contributed by atoms with Crippen molar-refractivity contribution in [1.82, 2.24) is 9.80 Å². The molecule has 210 valence electrons. The molecule has 1 saturated heterocycles. The number of aryl methyl sites for hydroxylation is 1. The van der Waals surface area contributed by atoms with Gasteiger partial charge in [0.25, 0.3) is 0 Å². The predicted octanol–water partition coefficient (Wildman–Crippen LogP) is 3.88. The van der Waals surface area contributed by atoms with Gasteiger partial charge in [0.05, 0.1) is 12.1 Å². The third-order valence-corrected chi connectivity index (χ3v) is 10.3. The third kappa shape index (κ3) is 4.00. The summed E-state index contributed by atoms with van der Waals surface area (Å²) in [4.78, 5) is 30.0. The Morgan fingerprint density at radius 3 is 2.83 bits per heavy atom. The lowest BCUT2D eigenvalue weighted by Gasteiger charge is -2.60.